The third kappa shape index (κ3) is 3.07. The van der Waals surface area contributed by atoms with Crippen LogP contribution in [0.5, 0.6) is 0 Å². The second kappa shape index (κ2) is 7.43. The predicted octanol–water partition coefficient (Wildman–Crippen LogP) is 3.58. The minimum absolute atomic E-state index is 0. The molecule has 2 aliphatic carbocycles. The maximum atomic E-state index is 6.03. The van der Waals surface area contributed by atoms with Crippen molar-refractivity contribution in [2.75, 3.05) is 20.7 Å². The second-order valence-corrected chi connectivity index (χ2v) is 7.78. The van der Waals surface area contributed by atoms with Gasteiger partial charge in [-0.05, 0) is 37.3 Å². The monoisotopic (exact) mass is 455 g/mol. The van der Waals surface area contributed by atoms with Crippen LogP contribution in [0.3, 0.4) is 0 Å². The first-order valence-electron chi connectivity index (χ1n) is 9.26. The van der Waals surface area contributed by atoms with Gasteiger partial charge in [-0.25, -0.2) is 0 Å². The number of hydrogen-bond acceptors (Lipinski definition) is 2. The molecule has 3 aliphatic rings. The molecule has 0 aromatic heterocycles. The highest BCUT2D eigenvalue weighted by Crippen LogP contribution is 2.62. The van der Waals surface area contributed by atoms with Crippen molar-refractivity contribution in [1.29, 1.82) is 0 Å². The normalized spacial score (nSPS) is 29.2. The highest BCUT2D eigenvalue weighted by atomic mass is 127. The van der Waals surface area contributed by atoms with E-state index in [0.29, 0.717) is 23.5 Å². The summed E-state index contributed by atoms with van der Waals surface area (Å²) in [5, 5.41) is 3.80. The van der Waals surface area contributed by atoms with Crippen molar-refractivity contribution in [3.63, 3.8) is 0 Å². The first-order chi connectivity index (χ1) is 11.7. The number of rotatable bonds is 3. The molecule has 3 unspecified atom stereocenters. The molecular weight excluding hydrogens is 425 g/mol. The van der Waals surface area contributed by atoms with E-state index in [-0.39, 0.29) is 24.0 Å². The van der Waals surface area contributed by atoms with Gasteiger partial charge in [0.25, 0.3) is 0 Å². The van der Waals surface area contributed by atoms with Crippen LogP contribution in [-0.4, -0.2) is 43.7 Å². The van der Waals surface area contributed by atoms with Crippen LogP contribution in [0.1, 0.15) is 36.8 Å². The van der Waals surface area contributed by atoms with Crippen molar-refractivity contribution >= 4 is 29.9 Å². The van der Waals surface area contributed by atoms with Crippen LogP contribution in [0.25, 0.3) is 0 Å². The summed E-state index contributed by atoms with van der Waals surface area (Å²) in [6, 6.07) is 9.13. The minimum atomic E-state index is 0. The first-order valence-corrected chi connectivity index (χ1v) is 9.26. The molecule has 0 amide bonds. The smallest absolute Gasteiger partial charge is 0.193 e. The molecule has 3 fully saturated rings. The Morgan fingerprint density at radius 2 is 2.12 bits per heavy atom. The van der Waals surface area contributed by atoms with Crippen LogP contribution in [0.2, 0.25) is 0 Å². The van der Waals surface area contributed by atoms with Gasteiger partial charge in [0.2, 0.25) is 0 Å². The molecule has 4 rings (SSSR count). The van der Waals surface area contributed by atoms with Crippen LogP contribution in [-0.2, 0) is 11.3 Å². The van der Waals surface area contributed by atoms with Crippen molar-refractivity contribution in [3.8, 4) is 0 Å². The molecule has 1 aromatic rings. The Kier molecular flexibility index (Phi) is 5.63. The summed E-state index contributed by atoms with van der Waals surface area (Å²) >= 11 is 0. The molecule has 1 spiro atoms. The van der Waals surface area contributed by atoms with E-state index >= 15 is 0 Å². The molecule has 0 radical (unpaired) electrons. The van der Waals surface area contributed by atoms with Gasteiger partial charge in [0.1, 0.15) is 0 Å². The highest BCUT2D eigenvalue weighted by molar-refractivity contribution is 14.0. The van der Waals surface area contributed by atoms with Gasteiger partial charge in [-0.3, -0.25) is 4.99 Å². The molecule has 25 heavy (non-hydrogen) atoms. The van der Waals surface area contributed by atoms with Crippen molar-refractivity contribution in [2.24, 2.45) is 16.3 Å². The lowest BCUT2D eigenvalue weighted by Gasteiger charge is -2.63. The van der Waals surface area contributed by atoms with Gasteiger partial charge >= 0.3 is 0 Å². The lowest BCUT2D eigenvalue weighted by Crippen LogP contribution is -2.72. The SMILES string of the molecule is CN=C(NC1C2CCOC2C12CCC2)N(C)Cc1ccccc1C.I. The van der Waals surface area contributed by atoms with E-state index in [4.69, 9.17) is 4.74 Å². The largest absolute Gasteiger partial charge is 0.377 e. The van der Waals surface area contributed by atoms with E-state index in [0.717, 1.165) is 19.1 Å². The predicted molar refractivity (Wildman–Crippen MR) is 112 cm³/mol. The Labute approximate surface area is 168 Å². The second-order valence-electron chi connectivity index (χ2n) is 7.78. The molecule has 138 valence electrons. The van der Waals surface area contributed by atoms with E-state index in [1.165, 1.54) is 36.8 Å². The standard InChI is InChI=1S/C20H29N3O.HI/c1-14-7-4-5-8-15(14)13-23(3)19(21-2)22-17-16-9-12-24-18(16)20(17)10-6-11-20;/h4-5,7-8,16-18H,6,9-13H2,1-3H3,(H,21,22);1H. The molecule has 1 aromatic carbocycles. The average Bonchev–Trinajstić information content (AvgIpc) is 2.94. The summed E-state index contributed by atoms with van der Waals surface area (Å²) in [6.45, 7) is 4.00. The van der Waals surface area contributed by atoms with Gasteiger partial charge in [0.05, 0.1) is 6.10 Å². The van der Waals surface area contributed by atoms with Crippen molar-refractivity contribution in [2.45, 2.75) is 51.3 Å². The highest BCUT2D eigenvalue weighted by Gasteiger charge is 2.66. The minimum Gasteiger partial charge on any atom is -0.377 e. The van der Waals surface area contributed by atoms with Gasteiger partial charge in [-0.1, -0.05) is 30.7 Å². The Morgan fingerprint density at radius 1 is 1.36 bits per heavy atom. The third-order valence-electron chi connectivity index (χ3n) is 6.56. The van der Waals surface area contributed by atoms with E-state index in [1.807, 2.05) is 7.05 Å². The molecule has 1 heterocycles. The molecule has 0 bridgehead atoms. The zero-order valence-electron chi connectivity index (χ0n) is 15.5. The Balaban J connectivity index is 0.00000182. The van der Waals surface area contributed by atoms with E-state index in [9.17, 15) is 0 Å². The Bertz CT molecular complexity index is 644. The third-order valence-corrected chi connectivity index (χ3v) is 6.56. The zero-order valence-corrected chi connectivity index (χ0v) is 17.8. The molecule has 1 aliphatic heterocycles. The quantitative estimate of drug-likeness (QED) is 0.430. The molecule has 1 saturated heterocycles. The lowest BCUT2D eigenvalue weighted by molar-refractivity contribution is -0.171. The number of halogens is 1. The fraction of sp³-hybridized carbons (Fsp3) is 0.650. The van der Waals surface area contributed by atoms with Crippen LogP contribution >= 0.6 is 24.0 Å². The van der Waals surface area contributed by atoms with Crippen LogP contribution in [0, 0.1) is 18.3 Å². The summed E-state index contributed by atoms with van der Waals surface area (Å²) in [5.74, 6) is 1.69. The van der Waals surface area contributed by atoms with Gasteiger partial charge in [0.15, 0.2) is 5.96 Å². The molecule has 4 nitrogen and oxygen atoms in total. The van der Waals surface area contributed by atoms with Crippen LogP contribution in [0.4, 0.5) is 0 Å². The summed E-state index contributed by atoms with van der Waals surface area (Å²) in [5.41, 5.74) is 3.08. The van der Waals surface area contributed by atoms with Gasteiger partial charge < -0.3 is 15.0 Å². The van der Waals surface area contributed by atoms with Crippen LogP contribution < -0.4 is 5.32 Å². The average molecular weight is 455 g/mol. The first kappa shape index (κ1) is 19.0. The van der Waals surface area contributed by atoms with Crippen molar-refractivity contribution in [3.05, 3.63) is 35.4 Å². The number of hydrogen-bond donors (Lipinski definition) is 1. The number of aliphatic imine (C=N–C) groups is 1. The number of fused-ring (bicyclic) bond motifs is 2. The summed E-state index contributed by atoms with van der Waals surface area (Å²) in [4.78, 5) is 6.81. The number of ether oxygens (including phenoxy) is 1. The topological polar surface area (TPSA) is 36.9 Å². The lowest BCUT2D eigenvalue weighted by atomic mass is 9.46. The number of benzene rings is 1. The fourth-order valence-corrected chi connectivity index (χ4v) is 5.06. The van der Waals surface area contributed by atoms with E-state index < -0.39 is 0 Å². The number of nitrogens with one attached hydrogen (secondary N) is 1. The maximum Gasteiger partial charge on any atom is 0.193 e. The van der Waals surface area contributed by atoms with Crippen molar-refractivity contribution < 1.29 is 4.74 Å². The van der Waals surface area contributed by atoms with Gasteiger partial charge in [0, 0.05) is 44.6 Å². The van der Waals surface area contributed by atoms with Crippen LogP contribution in [0.15, 0.2) is 29.3 Å². The molecule has 3 atom stereocenters. The molecular formula is C20H30IN3O. The van der Waals surface area contributed by atoms with E-state index in [2.05, 4.69) is 53.4 Å². The molecule has 5 heteroatoms. The summed E-state index contributed by atoms with van der Waals surface area (Å²) in [6.07, 6.45) is 5.67. The number of nitrogens with zero attached hydrogens (tertiary/aromatic N) is 2. The summed E-state index contributed by atoms with van der Waals surface area (Å²) in [7, 11) is 4.03. The Hall–Kier alpha value is -0.820. The van der Waals surface area contributed by atoms with E-state index in [1.54, 1.807) is 0 Å². The van der Waals surface area contributed by atoms with Gasteiger partial charge in [-0.15, -0.1) is 24.0 Å². The molecule has 2 saturated carbocycles. The van der Waals surface area contributed by atoms with Crippen molar-refractivity contribution in [1.82, 2.24) is 10.2 Å². The van der Waals surface area contributed by atoms with Gasteiger partial charge in [-0.2, -0.15) is 0 Å². The number of guanidine groups is 1. The molecule has 1 N–H and O–H groups in total. The summed E-state index contributed by atoms with van der Waals surface area (Å²) < 4.78 is 6.03. The fourth-order valence-electron chi connectivity index (χ4n) is 5.06. The maximum absolute atomic E-state index is 6.03. The Morgan fingerprint density at radius 3 is 2.76 bits per heavy atom. The zero-order chi connectivity index (χ0) is 16.7. The number of aryl methyl sites for hydroxylation is 1.